The SMILES string of the molecule is Cn1ccc2cc(C(=O)O)c(Cl)cc21. The first-order chi connectivity index (χ1) is 6.59. The summed E-state index contributed by atoms with van der Waals surface area (Å²) in [6.45, 7) is 0. The molecule has 0 bridgehead atoms. The molecule has 1 aromatic heterocycles. The predicted molar refractivity (Wildman–Crippen MR) is 54.9 cm³/mol. The van der Waals surface area contributed by atoms with Gasteiger partial charge in [0.15, 0.2) is 0 Å². The summed E-state index contributed by atoms with van der Waals surface area (Å²) in [7, 11) is 1.89. The molecule has 1 N–H and O–H groups in total. The maximum atomic E-state index is 10.8. The van der Waals surface area contributed by atoms with E-state index in [0.29, 0.717) is 0 Å². The molecule has 0 radical (unpaired) electrons. The van der Waals surface area contributed by atoms with E-state index in [1.54, 1.807) is 12.1 Å². The van der Waals surface area contributed by atoms with Gasteiger partial charge in [-0.2, -0.15) is 0 Å². The highest BCUT2D eigenvalue weighted by atomic mass is 35.5. The van der Waals surface area contributed by atoms with Gasteiger partial charge in [-0.3, -0.25) is 0 Å². The Hall–Kier alpha value is -1.48. The molecule has 0 spiro atoms. The molecule has 0 aliphatic carbocycles. The van der Waals surface area contributed by atoms with Crippen LogP contribution < -0.4 is 0 Å². The highest BCUT2D eigenvalue weighted by Crippen LogP contribution is 2.24. The molecule has 72 valence electrons. The van der Waals surface area contributed by atoms with Crippen molar-refractivity contribution < 1.29 is 9.90 Å². The van der Waals surface area contributed by atoms with Gasteiger partial charge in [0.2, 0.25) is 0 Å². The molecule has 0 saturated heterocycles. The molecule has 2 aromatic rings. The van der Waals surface area contributed by atoms with Gasteiger partial charge in [-0.25, -0.2) is 4.79 Å². The van der Waals surface area contributed by atoms with Crippen molar-refractivity contribution in [3.8, 4) is 0 Å². The van der Waals surface area contributed by atoms with Crippen molar-refractivity contribution in [3.63, 3.8) is 0 Å². The van der Waals surface area contributed by atoms with E-state index in [9.17, 15) is 4.79 Å². The average Bonchev–Trinajstić information content (AvgIpc) is 2.46. The third kappa shape index (κ3) is 1.26. The van der Waals surface area contributed by atoms with Crippen LogP contribution in [0.15, 0.2) is 24.4 Å². The fourth-order valence-electron chi connectivity index (χ4n) is 1.45. The van der Waals surface area contributed by atoms with Gasteiger partial charge >= 0.3 is 5.97 Å². The topological polar surface area (TPSA) is 42.2 Å². The van der Waals surface area contributed by atoms with Gasteiger partial charge in [0.1, 0.15) is 0 Å². The summed E-state index contributed by atoms with van der Waals surface area (Å²) in [4.78, 5) is 10.8. The van der Waals surface area contributed by atoms with E-state index in [0.717, 1.165) is 10.9 Å². The van der Waals surface area contributed by atoms with Gasteiger partial charge in [0.05, 0.1) is 10.6 Å². The number of hydrogen-bond acceptors (Lipinski definition) is 1. The molecular weight excluding hydrogens is 202 g/mol. The highest BCUT2D eigenvalue weighted by Gasteiger charge is 2.10. The molecule has 0 atom stereocenters. The molecule has 0 saturated carbocycles. The number of carboxylic acid groups (broad SMARTS) is 1. The summed E-state index contributed by atoms with van der Waals surface area (Å²) in [6.07, 6.45) is 1.87. The molecule has 0 aliphatic heterocycles. The Balaban J connectivity index is 2.79. The largest absolute Gasteiger partial charge is 0.478 e. The first kappa shape index (κ1) is 9.09. The van der Waals surface area contributed by atoms with Crippen LogP contribution in [0.25, 0.3) is 10.9 Å². The van der Waals surface area contributed by atoms with E-state index in [-0.39, 0.29) is 10.6 Å². The average molecular weight is 210 g/mol. The molecule has 0 amide bonds. The first-order valence-corrected chi connectivity index (χ1v) is 4.45. The Kier molecular flexibility index (Phi) is 1.97. The number of rotatable bonds is 1. The van der Waals surface area contributed by atoms with Gasteiger partial charge in [-0.15, -0.1) is 0 Å². The monoisotopic (exact) mass is 209 g/mol. The fraction of sp³-hybridized carbons (Fsp3) is 0.100. The van der Waals surface area contributed by atoms with E-state index in [1.807, 2.05) is 23.9 Å². The Morgan fingerprint density at radius 3 is 2.86 bits per heavy atom. The second-order valence-corrected chi connectivity index (χ2v) is 3.53. The summed E-state index contributed by atoms with van der Waals surface area (Å²) in [6, 6.07) is 5.11. The molecule has 3 nitrogen and oxygen atoms in total. The summed E-state index contributed by atoms with van der Waals surface area (Å²) in [5.41, 5.74) is 1.07. The van der Waals surface area contributed by atoms with Gasteiger partial charge in [0, 0.05) is 24.1 Å². The lowest BCUT2D eigenvalue weighted by molar-refractivity contribution is 0.0697. The van der Waals surface area contributed by atoms with E-state index >= 15 is 0 Å². The van der Waals surface area contributed by atoms with Crippen LogP contribution in [0, 0.1) is 0 Å². The zero-order valence-electron chi connectivity index (χ0n) is 7.49. The Morgan fingerprint density at radius 1 is 1.50 bits per heavy atom. The minimum atomic E-state index is -0.999. The summed E-state index contributed by atoms with van der Waals surface area (Å²) in [5.74, 6) is -0.999. The van der Waals surface area contributed by atoms with Crippen molar-refractivity contribution >= 4 is 28.5 Å². The van der Waals surface area contributed by atoms with Crippen molar-refractivity contribution in [2.45, 2.75) is 0 Å². The van der Waals surface area contributed by atoms with Crippen LogP contribution in [-0.2, 0) is 7.05 Å². The molecule has 1 aromatic carbocycles. The van der Waals surface area contributed by atoms with Crippen LogP contribution in [0.3, 0.4) is 0 Å². The van der Waals surface area contributed by atoms with E-state index < -0.39 is 5.97 Å². The molecular formula is C10H8ClNO2. The number of carboxylic acids is 1. The molecule has 0 aliphatic rings. The maximum absolute atomic E-state index is 10.8. The second kappa shape index (κ2) is 3.03. The van der Waals surface area contributed by atoms with Crippen LogP contribution in [0.5, 0.6) is 0 Å². The zero-order valence-corrected chi connectivity index (χ0v) is 8.25. The number of nitrogens with zero attached hydrogens (tertiary/aromatic N) is 1. The standard InChI is InChI=1S/C10H8ClNO2/c1-12-3-2-6-4-7(10(13)14)8(11)5-9(6)12/h2-5H,1H3,(H,13,14). The van der Waals surface area contributed by atoms with Crippen LogP contribution in [0.4, 0.5) is 0 Å². The number of aromatic nitrogens is 1. The maximum Gasteiger partial charge on any atom is 0.337 e. The Morgan fingerprint density at radius 2 is 2.21 bits per heavy atom. The van der Waals surface area contributed by atoms with Crippen molar-refractivity contribution in [3.05, 3.63) is 35.0 Å². The number of benzene rings is 1. The van der Waals surface area contributed by atoms with E-state index in [4.69, 9.17) is 16.7 Å². The fourth-order valence-corrected chi connectivity index (χ4v) is 1.69. The van der Waals surface area contributed by atoms with Crippen LogP contribution >= 0.6 is 11.6 Å². The number of aryl methyl sites for hydroxylation is 1. The number of hydrogen-bond donors (Lipinski definition) is 1. The molecule has 0 fully saturated rings. The molecule has 0 unspecified atom stereocenters. The minimum Gasteiger partial charge on any atom is -0.478 e. The van der Waals surface area contributed by atoms with Crippen LogP contribution in [0.2, 0.25) is 5.02 Å². The lowest BCUT2D eigenvalue weighted by atomic mass is 10.1. The van der Waals surface area contributed by atoms with E-state index in [1.165, 1.54) is 0 Å². The lowest BCUT2D eigenvalue weighted by Gasteiger charge is -2.00. The van der Waals surface area contributed by atoms with Crippen LogP contribution in [0.1, 0.15) is 10.4 Å². The number of aromatic carboxylic acids is 1. The van der Waals surface area contributed by atoms with Gasteiger partial charge in [-0.1, -0.05) is 11.6 Å². The van der Waals surface area contributed by atoms with Gasteiger partial charge in [0.25, 0.3) is 0 Å². The van der Waals surface area contributed by atoms with Gasteiger partial charge in [-0.05, 0) is 18.2 Å². The smallest absolute Gasteiger partial charge is 0.337 e. The normalized spacial score (nSPS) is 10.7. The first-order valence-electron chi connectivity index (χ1n) is 4.07. The molecule has 2 rings (SSSR count). The van der Waals surface area contributed by atoms with Crippen molar-refractivity contribution in [1.29, 1.82) is 0 Å². The Labute approximate surface area is 85.5 Å². The third-order valence-corrected chi connectivity index (χ3v) is 2.52. The second-order valence-electron chi connectivity index (χ2n) is 3.12. The molecule has 1 heterocycles. The molecule has 14 heavy (non-hydrogen) atoms. The minimum absolute atomic E-state index is 0.144. The summed E-state index contributed by atoms with van der Waals surface area (Å²) >= 11 is 5.83. The third-order valence-electron chi connectivity index (χ3n) is 2.20. The molecule has 4 heteroatoms. The summed E-state index contributed by atoms with van der Waals surface area (Å²) in [5, 5.41) is 9.99. The van der Waals surface area contributed by atoms with Crippen molar-refractivity contribution in [2.24, 2.45) is 7.05 Å². The highest BCUT2D eigenvalue weighted by molar-refractivity contribution is 6.34. The summed E-state index contributed by atoms with van der Waals surface area (Å²) < 4.78 is 1.90. The van der Waals surface area contributed by atoms with E-state index in [2.05, 4.69) is 0 Å². The zero-order chi connectivity index (χ0) is 10.3. The number of halogens is 1. The van der Waals surface area contributed by atoms with Crippen molar-refractivity contribution in [1.82, 2.24) is 4.57 Å². The number of carbonyl (C=O) groups is 1. The number of fused-ring (bicyclic) bond motifs is 1. The Bertz CT molecular complexity index is 516. The lowest BCUT2D eigenvalue weighted by Crippen LogP contribution is -1.97. The van der Waals surface area contributed by atoms with Gasteiger partial charge < -0.3 is 9.67 Å². The quantitative estimate of drug-likeness (QED) is 0.784. The predicted octanol–water partition coefficient (Wildman–Crippen LogP) is 2.53. The van der Waals surface area contributed by atoms with Crippen molar-refractivity contribution in [2.75, 3.05) is 0 Å². The van der Waals surface area contributed by atoms with Crippen LogP contribution in [-0.4, -0.2) is 15.6 Å².